The fraction of sp³-hybridized carbons (Fsp3) is 0.250. The van der Waals surface area contributed by atoms with E-state index in [1.807, 2.05) is 0 Å². The van der Waals surface area contributed by atoms with Crippen molar-refractivity contribution in [3.63, 3.8) is 0 Å². The lowest BCUT2D eigenvalue weighted by Crippen LogP contribution is -2.24. The van der Waals surface area contributed by atoms with E-state index in [0.29, 0.717) is 0 Å². The highest BCUT2D eigenvalue weighted by Gasteiger charge is 2.30. The van der Waals surface area contributed by atoms with Crippen molar-refractivity contribution in [3.05, 3.63) is 23.8 Å². The average molecular weight is 249 g/mol. The molecule has 6 nitrogen and oxygen atoms in total. The number of carbonyl (C=O) groups is 3. The molecule has 6 heteroatoms. The highest BCUT2D eigenvalue weighted by Crippen LogP contribution is 2.30. The molecule has 1 saturated heterocycles. The third-order valence-electron chi connectivity index (χ3n) is 2.67. The van der Waals surface area contributed by atoms with Gasteiger partial charge in [0.15, 0.2) is 5.78 Å². The van der Waals surface area contributed by atoms with Crippen LogP contribution in [-0.4, -0.2) is 36.4 Å². The van der Waals surface area contributed by atoms with Crippen molar-refractivity contribution in [1.29, 1.82) is 0 Å². The number of aromatic hydroxyl groups is 1. The van der Waals surface area contributed by atoms with Crippen molar-refractivity contribution in [1.82, 2.24) is 0 Å². The Morgan fingerprint density at radius 1 is 1.39 bits per heavy atom. The van der Waals surface area contributed by atoms with Crippen molar-refractivity contribution < 1.29 is 24.2 Å². The summed E-state index contributed by atoms with van der Waals surface area (Å²) >= 11 is 0. The molecule has 18 heavy (non-hydrogen) atoms. The number of benzene rings is 1. The van der Waals surface area contributed by atoms with E-state index in [1.165, 1.54) is 25.3 Å². The summed E-state index contributed by atoms with van der Waals surface area (Å²) in [6, 6.07) is 4.00. The summed E-state index contributed by atoms with van der Waals surface area (Å²) in [5, 5.41) is 9.70. The van der Waals surface area contributed by atoms with Crippen molar-refractivity contribution >= 4 is 23.3 Å². The van der Waals surface area contributed by atoms with Crippen LogP contribution in [0.5, 0.6) is 5.75 Å². The van der Waals surface area contributed by atoms with Gasteiger partial charge in [-0.05, 0) is 18.2 Å². The number of esters is 1. The number of amides is 1. The van der Waals surface area contributed by atoms with E-state index in [2.05, 4.69) is 4.74 Å². The second-order valence-electron chi connectivity index (χ2n) is 3.89. The van der Waals surface area contributed by atoms with Crippen LogP contribution in [0.25, 0.3) is 0 Å². The van der Waals surface area contributed by atoms with Crippen molar-refractivity contribution in [3.8, 4) is 5.75 Å². The number of hydrogen-bond donors (Lipinski definition) is 1. The van der Waals surface area contributed by atoms with E-state index < -0.39 is 11.9 Å². The molecule has 2 rings (SSSR count). The molecule has 1 amide bonds. The van der Waals surface area contributed by atoms with Gasteiger partial charge in [0.25, 0.3) is 0 Å². The molecule has 0 radical (unpaired) electrons. The number of phenolic OH excluding ortho intramolecular Hbond substituents is 1. The van der Waals surface area contributed by atoms with Gasteiger partial charge in [0.2, 0.25) is 5.91 Å². The van der Waals surface area contributed by atoms with E-state index in [-0.39, 0.29) is 35.7 Å². The van der Waals surface area contributed by atoms with Crippen LogP contribution in [0.4, 0.5) is 5.69 Å². The zero-order valence-corrected chi connectivity index (χ0v) is 9.67. The van der Waals surface area contributed by atoms with Crippen molar-refractivity contribution in [2.75, 3.05) is 18.6 Å². The maximum absolute atomic E-state index is 11.6. The van der Waals surface area contributed by atoms with E-state index in [0.717, 1.165) is 4.90 Å². The first kappa shape index (κ1) is 12.1. The maximum Gasteiger partial charge on any atom is 0.337 e. The molecular weight excluding hydrogens is 238 g/mol. The topological polar surface area (TPSA) is 83.9 Å². The minimum absolute atomic E-state index is 0.0863. The summed E-state index contributed by atoms with van der Waals surface area (Å²) in [5.74, 6) is -1.35. The Hall–Kier alpha value is -2.37. The number of ether oxygens (including phenoxy) is 1. The number of anilines is 1. The Bertz CT molecular complexity index is 537. The van der Waals surface area contributed by atoms with E-state index >= 15 is 0 Å². The summed E-state index contributed by atoms with van der Waals surface area (Å²) in [4.78, 5) is 35.3. The number of Topliss-reactive ketones (excluding diaryl/α,β-unsaturated/α-hetero) is 1. The van der Waals surface area contributed by atoms with Crippen LogP contribution >= 0.6 is 0 Å². The summed E-state index contributed by atoms with van der Waals surface area (Å²) < 4.78 is 4.55. The van der Waals surface area contributed by atoms with Crippen LogP contribution < -0.4 is 4.90 Å². The number of hydrogen-bond acceptors (Lipinski definition) is 5. The molecule has 0 atom stereocenters. The molecule has 1 aliphatic rings. The third-order valence-corrected chi connectivity index (χ3v) is 2.67. The first-order valence-electron chi connectivity index (χ1n) is 5.26. The minimum atomic E-state index is -0.575. The number of nitrogens with zero attached hydrogens (tertiary/aromatic N) is 1. The highest BCUT2D eigenvalue weighted by molar-refractivity contribution is 6.15. The maximum atomic E-state index is 11.6. The molecule has 1 aromatic rings. The SMILES string of the molecule is COC(=O)c1ccc(O)c(N2CC(=O)CC2=O)c1. The van der Waals surface area contributed by atoms with E-state index in [9.17, 15) is 19.5 Å². The quantitative estimate of drug-likeness (QED) is 0.609. The van der Waals surface area contributed by atoms with Crippen LogP contribution in [0.1, 0.15) is 16.8 Å². The Labute approximate surface area is 103 Å². The molecule has 1 N–H and O–H groups in total. The molecule has 94 valence electrons. The molecule has 0 aliphatic carbocycles. The zero-order valence-electron chi connectivity index (χ0n) is 9.67. The molecule has 0 bridgehead atoms. The molecule has 1 heterocycles. The fourth-order valence-electron chi connectivity index (χ4n) is 1.79. The van der Waals surface area contributed by atoms with Gasteiger partial charge in [-0.3, -0.25) is 9.59 Å². The van der Waals surface area contributed by atoms with Crippen LogP contribution in [0.3, 0.4) is 0 Å². The monoisotopic (exact) mass is 249 g/mol. The molecular formula is C12H11NO5. The van der Waals surface area contributed by atoms with Gasteiger partial charge >= 0.3 is 5.97 Å². The largest absolute Gasteiger partial charge is 0.506 e. The number of ketones is 1. The molecule has 0 saturated carbocycles. The van der Waals surface area contributed by atoms with Crippen molar-refractivity contribution in [2.24, 2.45) is 0 Å². The fourth-order valence-corrected chi connectivity index (χ4v) is 1.79. The van der Waals surface area contributed by atoms with Gasteiger partial charge in [0.1, 0.15) is 5.75 Å². The van der Waals surface area contributed by atoms with E-state index in [1.54, 1.807) is 0 Å². The molecule has 1 aromatic carbocycles. The predicted molar refractivity (Wildman–Crippen MR) is 61.4 cm³/mol. The van der Waals surface area contributed by atoms with Gasteiger partial charge in [0, 0.05) is 0 Å². The summed E-state index contributed by atoms with van der Waals surface area (Å²) in [6.45, 7) is -0.0863. The first-order chi connectivity index (χ1) is 8.52. The smallest absolute Gasteiger partial charge is 0.337 e. The van der Waals surface area contributed by atoms with Crippen LogP contribution in [0, 0.1) is 0 Å². The number of rotatable bonds is 2. The molecule has 0 unspecified atom stereocenters. The van der Waals surface area contributed by atoms with Crippen LogP contribution in [-0.2, 0) is 14.3 Å². The van der Waals surface area contributed by atoms with E-state index in [4.69, 9.17) is 0 Å². The first-order valence-corrected chi connectivity index (χ1v) is 5.26. The Balaban J connectivity index is 2.41. The molecule has 0 aromatic heterocycles. The van der Waals surface area contributed by atoms with Gasteiger partial charge in [-0.25, -0.2) is 4.79 Å². The van der Waals surface area contributed by atoms with Crippen LogP contribution in [0.2, 0.25) is 0 Å². The summed E-state index contributed by atoms with van der Waals surface area (Å²) in [7, 11) is 1.24. The predicted octanol–water partition coefficient (Wildman–Crippen LogP) is 0.485. The minimum Gasteiger partial charge on any atom is -0.506 e. The lowest BCUT2D eigenvalue weighted by Gasteiger charge is -2.16. The lowest BCUT2D eigenvalue weighted by molar-refractivity contribution is -0.121. The lowest BCUT2D eigenvalue weighted by atomic mass is 10.1. The second kappa shape index (κ2) is 4.48. The second-order valence-corrected chi connectivity index (χ2v) is 3.89. The summed E-state index contributed by atoms with van der Waals surface area (Å²) in [6.07, 6.45) is -0.179. The van der Waals surface area contributed by atoms with Gasteiger partial charge in [0.05, 0.1) is 31.3 Å². The zero-order chi connectivity index (χ0) is 13.3. The Kier molecular flexibility index (Phi) is 3.01. The van der Waals surface area contributed by atoms with Gasteiger partial charge in [-0.1, -0.05) is 0 Å². The van der Waals surface area contributed by atoms with Gasteiger partial charge in [-0.15, -0.1) is 0 Å². The highest BCUT2D eigenvalue weighted by atomic mass is 16.5. The van der Waals surface area contributed by atoms with Gasteiger partial charge < -0.3 is 14.7 Å². The normalized spacial score (nSPS) is 15.1. The molecule has 1 aliphatic heterocycles. The van der Waals surface area contributed by atoms with Crippen LogP contribution in [0.15, 0.2) is 18.2 Å². The number of methoxy groups -OCH3 is 1. The molecule has 0 spiro atoms. The number of carbonyl (C=O) groups excluding carboxylic acids is 3. The standard InChI is InChI=1S/C12H11NO5/c1-18-12(17)7-2-3-10(15)9(4-7)13-6-8(14)5-11(13)16/h2-4,15H,5-6H2,1H3. The third kappa shape index (κ3) is 2.04. The van der Waals surface area contributed by atoms with Gasteiger partial charge in [-0.2, -0.15) is 0 Å². The Morgan fingerprint density at radius 3 is 2.67 bits per heavy atom. The summed E-state index contributed by atoms with van der Waals surface area (Å²) in [5.41, 5.74) is 0.353. The van der Waals surface area contributed by atoms with Crippen molar-refractivity contribution in [2.45, 2.75) is 6.42 Å². The number of phenols is 1. The Morgan fingerprint density at radius 2 is 2.11 bits per heavy atom. The molecule has 1 fully saturated rings. The average Bonchev–Trinajstić information content (AvgIpc) is 2.68.